The number of likely N-dealkylation sites (tertiary alicyclic amines) is 1. The number of nitrogens with zero attached hydrogens (tertiary/aromatic N) is 2. The average molecular weight is 316 g/mol. The molecule has 2 amide bonds. The van der Waals surface area contributed by atoms with Crippen LogP contribution < -0.4 is 0 Å². The summed E-state index contributed by atoms with van der Waals surface area (Å²) in [6, 6.07) is 9.44. The van der Waals surface area contributed by atoms with Gasteiger partial charge in [0.05, 0.1) is 5.88 Å². The Morgan fingerprint density at radius 3 is 2.59 bits per heavy atom. The quantitative estimate of drug-likeness (QED) is 0.803. The molecule has 0 aromatic heterocycles. The molecule has 2 aliphatic heterocycles. The second-order valence-electron chi connectivity index (χ2n) is 5.60. The summed E-state index contributed by atoms with van der Waals surface area (Å²) in [6.07, 6.45) is 5.54. The van der Waals surface area contributed by atoms with E-state index in [1.165, 1.54) is 0 Å². The molecule has 2 heterocycles. The van der Waals surface area contributed by atoms with Gasteiger partial charge in [0.25, 0.3) is 0 Å². The summed E-state index contributed by atoms with van der Waals surface area (Å²) < 4.78 is 0. The van der Waals surface area contributed by atoms with Gasteiger partial charge in [-0.1, -0.05) is 30.3 Å². The molecule has 0 radical (unpaired) electrons. The molecule has 1 aromatic rings. The van der Waals surface area contributed by atoms with Gasteiger partial charge in [0.15, 0.2) is 0 Å². The molecule has 2 aliphatic rings. The Morgan fingerprint density at radius 2 is 1.86 bits per heavy atom. The van der Waals surface area contributed by atoms with Gasteiger partial charge in [-0.15, -0.1) is 11.8 Å². The van der Waals surface area contributed by atoms with Crippen molar-refractivity contribution in [1.29, 1.82) is 0 Å². The molecule has 1 atom stereocenters. The third kappa shape index (κ3) is 3.35. The molecule has 0 bridgehead atoms. The van der Waals surface area contributed by atoms with Crippen molar-refractivity contribution >= 4 is 29.7 Å². The average Bonchev–Trinajstić information content (AvgIpc) is 3.24. The van der Waals surface area contributed by atoms with E-state index in [0.29, 0.717) is 11.6 Å². The first kappa shape index (κ1) is 15.2. The van der Waals surface area contributed by atoms with Crippen LogP contribution >= 0.6 is 11.8 Å². The third-order valence-corrected chi connectivity index (χ3v) is 5.10. The Labute approximate surface area is 135 Å². The van der Waals surface area contributed by atoms with Gasteiger partial charge in [0.2, 0.25) is 11.8 Å². The van der Waals surface area contributed by atoms with Crippen molar-refractivity contribution in [2.45, 2.75) is 18.9 Å². The first-order chi connectivity index (χ1) is 10.8. The van der Waals surface area contributed by atoms with Gasteiger partial charge >= 0.3 is 0 Å². The van der Waals surface area contributed by atoms with Crippen molar-refractivity contribution in [2.24, 2.45) is 0 Å². The normalized spacial score (nSPS) is 21.7. The maximum absolute atomic E-state index is 12.5. The minimum absolute atomic E-state index is 0.0774. The standard InChI is InChI=1S/C17H20N2O2S/c20-16(9-8-14-6-2-1-3-7-14)19-13-22-12-15(19)17(21)18-10-4-5-11-18/h1-3,6-9,15H,4-5,10-13H2. The fourth-order valence-corrected chi connectivity index (χ4v) is 4.00. The molecule has 4 nitrogen and oxygen atoms in total. The SMILES string of the molecule is O=C(C1CSCN1C(=O)C=Cc1ccccc1)N1CCCC1. The van der Waals surface area contributed by atoms with Gasteiger partial charge in [-0.05, 0) is 24.5 Å². The predicted octanol–water partition coefficient (Wildman–Crippen LogP) is 2.22. The van der Waals surface area contributed by atoms with E-state index < -0.39 is 0 Å². The van der Waals surface area contributed by atoms with Crippen molar-refractivity contribution in [3.63, 3.8) is 0 Å². The van der Waals surface area contributed by atoms with Gasteiger partial charge in [0.1, 0.15) is 6.04 Å². The van der Waals surface area contributed by atoms with E-state index in [0.717, 1.165) is 31.5 Å². The maximum Gasteiger partial charge on any atom is 0.247 e. The lowest BCUT2D eigenvalue weighted by Gasteiger charge is -2.26. The Kier molecular flexibility index (Phi) is 4.83. The molecule has 22 heavy (non-hydrogen) atoms. The number of carbonyl (C=O) groups is 2. The number of carbonyl (C=O) groups excluding carboxylic acids is 2. The summed E-state index contributed by atoms with van der Waals surface area (Å²) in [5.74, 6) is 1.35. The van der Waals surface area contributed by atoms with E-state index in [9.17, 15) is 9.59 Å². The molecule has 2 fully saturated rings. The number of hydrogen-bond donors (Lipinski definition) is 0. The van der Waals surface area contributed by atoms with Crippen LogP contribution in [-0.2, 0) is 9.59 Å². The molecule has 116 valence electrons. The molecule has 0 saturated carbocycles. The van der Waals surface area contributed by atoms with E-state index in [1.54, 1.807) is 22.7 Å². The molecule has 0 aliphatic carbocycles. The minimum Gasteiger partial charge on any atom is -0.341 e. The maximum atomic E-state index is 12.5. The van der Waals surface area contributed by atoms with Crippen molar-refractivity contribution < 1.29 is 9.59 Å². The summed E-state index contributed by atoms with van der Waals surface area (Å²) in [7, 11) is 0. The van der Waals surface area contributed by atoms with Crippen LogP contribution in [0.5, 0.6) is 0 Å². The summed E-state index contributed by atoms with van der Waals surface area (Å²) in [5.41, 5.74) is 0.991. The van der Waals surface area contributed by atoms with Crippen LogP contribution in [0.15, 0.2) is 36.4 Å². The van der Waals surface area contributed by atoms with Crippen LogP contribution in [0.4, 0.5) is 0 Å². The van der Waals surface area contributed by atoms with Crippen LogP contribution in [0.25, 0.3) is 6.08 Å². The minimum atomic E-state index is -0.295. The lowest BCUT2D eigenvalue weighted by molar-refractivity contribution is -0.140. The first-order valence-corrected chi connectivity index (χ1v) is 8.81. The van der Waals surface area contributed by atoms with E-state index in [2.05, 4.69) is 0 Å². The van der Waals surface area contributed by atoms with Crippen LogP contribution in [0.2, 0.25) is 0 Å². The summed E-state index contributed by atoms with van der Waals surface area (Å²) in [5, 5.41) is 0. The van der Waals surface area contributed by atoms with Gasteiger partial charge in [0, 0.05) is 24.9 Å². The van der Waals surface area contributed by atoms with Crippen molar-refractivity contribution in [3.8, 4) is 0 Å². The lowest BCUT2D eigenvalue weighted by Crippen LogP contribution is -2.47. The van der Waals surface area contributed by atoms with Crippen LogP contribution in [-0.4, -0.2) is 52.4 Å². The van der Waals surface area contributed by atoms with Crippen molar-refractivity contribution in [1.82, 2.24) is 9.80 Å². The molecule has 5 heteroatoms. The number of hydrogen-bond acceptors (Lipinski definition) is 3. The smallest absolute Gasteiger partial charge is 0.247 e. The number of benzene rings is 1. The molecule has 0 N–H and O–H groups in total. The van der Waals surface area contributed by atoms with Gasteiger partial charge in [-0.25, -0.2) is 0 Å². The zero-order chi connectivity index (χ0) is 15.4. The summed E-state index contributed by atoms with van der Waals surface area (Å²) in [6.45, 7) is 1.67. The van der Waals surface area contributed by atoms with Crippen LogP contribution in [0, 0.1) is 0 Å². The van der Waals surface area contributed by atoms with E-state index in [-0.39, 0.29) is 17.9 Å². The Balaban J connectivity index is 1.66. The fourth-order valence-electron chi connectivity index (χ4n) is 2.84. The van der Waals surface area contributed by atoms with E-state index in [4.69, 9.17) is 0 Å². The molecule has 3 rings (SSSR count). The zero-order valence-electron chi connectivity index (χ0n) is 12.5. The molecule has 2 saturated heterocycles. The van der Waals surface area contributed by atoms with Gasteiger partial charge in [-0.2, -0.15) is 0 Å². The lowest BCUT2D eigenvalue weighted by atomic mass is 10.2. The second-order valence-corrected chi connectivity index (χ2v) is 6.60. The van der Waals surface area contributed by atoms with Crippen molar-refractivity contribution in [2.75, 3.05) is 24.7 Å². The highest BCUT2D eigenvalue weighted by atomic mass is 32.2. The largest absolute Gasteiger partial charge is 0.341 e. The Bertz CT molecular complexity index is 567. The first-order valence-electron chi connectivity index (χ1n) is 7.66. The molecule has 1 unspecified atom stereocenters. The van der Waals surface area contributed by atoms with Gasteiger partial charge in [-0.3, -0.25) is 9.59 Å². The highest BCUT2D eigenvalue weighted by Crippen LogP contribution is 2.24. The Hall–Kier alpha value is -1.75. The van der Waals surface area contributed by atoms with Gasteiger partial charge < -0.3 is 9.80 Å². The molecular formula is C17H20N2O2S. The molecule has 0 spiro atoms. The highest BCUT2D eigenvalue weighted by Gasteiger charge is 2.36. The monoisotopic (exact) mass is 316 g/mol. The fraction of sp³-hybridized carbons (Fsp3) is 0.412. The zero-order valence-corrected chi connectivity index (χ0v) is 13.3. The summed E-state index contributed by atoms with van der Waals surface area (Å²) in [4.78, 5) is 28.5. The van der Waals surface area contributed by atoms with Crippen molar-refractivity contribution in [3.05, 3.63) is 42.0 Å². The highest BCUT2D eigenvalue weighted by molar-refractivity contribution is 7.99. The number of rotatable bonds is 3. The van der Waals surface area contributed by atoms with E-state index >= 15 is 0 Å². The third-order valence-electron chi connectivity index (χ3n) is 4.09. The molecular weight excluding hydrogens is 296 g/mol. The Morgan fingerprint density at radius 1 is 1.14 bits per heavy atom. The predicted molar refractivity (Wildman–Crippen MR) is 89.2 cm³/mol. The number of amides is 2. The van der Waals surface area contributed by atoms with E-state index in [1.807, 2.05) is 41.3 Å². The number of thioether (sulfide) groups is 1. The summed E-state index contributed by atoms with van der Waals surface area (Å²) >= 11 is 1.65. The molecule has 1 aromatic carbocycles. The second kappa shape index (κ2) is 7.01. The van der Waals surface area contributed by atoms with Crippen LogP contribution in [0.3, 0.4) is 0 Å². The van der Waals surface area contributed by atoms with Crippen LogP contribution in [0.1, 0.15) is 18.4 Å². The topological polar surface area (TPSA) is 40.6 Å².